The molecule has 1 atom stereocenters. The Morgan fingerprint density at radius 3 is 2.55 bits per heavy atom. The van der Waals surface area contributed by atoms with E-state index in [0.717, 1.165) is 50.2 Å². The minimum Gasteiger partial charge on any atom is -0.356 e. The van der Waals surface area contributed by atoms with Gasteiger partial charge in [0.15, 0.2) is 0 Å². The minimum atomic E-state index is -0.0411. The monoisotopic (exact) mass is 422 g/mol. The summed E-state index contributed by atoms with van der Waals surface area (Å²) in [5, 5.41) is 6.31. The van der Waals surface area contributed by atoms with Gasteiger partial charge >= 0.3 is 0 Å². The molecule has 3 heterocycles. The molecule has 31 heavy (non-hydrogen) atoms. The zero-order chi connectivity index (χ0) is 21.5. The van der Waals surface area contributed by atoms with Crippen LogP contribution in [0.25, 0.3) is 0 Å². The predicted octanol–water partition coefficient (Wildman–Crippen LogP) is 3.89. The Balaban J connectivity index is 1.32. The van der Waals surface area contributed by atoms with Crippen molar-refractivity contribution in [1.82, 2.24) is 14.9 Å². The Bertz CT molecular complexity index is 847. The van der Waals surface area contributed by atoms with E-state index in [2.05, 4.69) is 37.6 Å². The zero-order valence-electron chi connectivity index (χ0n) is 18.5. The molecule has 0 aliphatic carbocycles. The lowest BCUT2D eigenvalue weighted by Crippen LogP contribution is -2.34. The van der Waals surface area contributed by atoms with E-state index in [1.807, 2.05) is 24.4 Å². The quantitative estimate of drug-likeness (QED) is 0.705. The maximum absolute atomic E-state index is 11.2. The summed E-state index contributed by atoms with van der Waals surface area (Å²) in [5.41, 5.74) is 2.11. The van der Waals surface area contributed by atoms with Gasteiger partial charge in [-0.3, -0.25) is 9.69 Å². The number of carbonyl (C=O) groups excluding carboxylic acids is 1. The van der Waals surface area contributed by atoms with Crippen LogP contribution >= 0.6 is 0 Å². The van der Waals surface area contributed by atoms with Crippen LogP contribution in [0.5, 0.6) is 0 Å². The van der Waals surface area contributed by atoms with Crippen LogP contribution in [0.2, 0.25) is 0 Å². The van der Waals surface area contributed by atoms with Crippen LogP contribution in [-0.2, 0) is 11.3 Å². The summed E-state index contributed by atoms with van der Waals surface area (Å²) in [5.74, 6) is 1.73. The summed E-state index contributed by atoms with van der Waals surface area (Å²) in [6, 6.07) is 10.7. The van der Waals surface area contributed by atoms with Crippen LogP contribution in [0.1, 0.15) is 51.0 Å². The average molecular weight is 423 g/mol. The van der Waals surface area contributed by atoms with Gasteiger partial charge in [0.1, 0.15) is 5.82 Å². The van der Waals surface area contributed by atoms with Gasteiger partial charge in [-0.25, -0.2) is 4.98 Å². The first-order chi connectivity index (χ1) is 15.2. The first kappa shape index (κ1) is 21.6. The SMILES string of the molecule is CC(=O)Nc1ccc(CN2CCCC2CNc2nccc(N3CCCCCC3)n2)cc1. The van der Waals surface area contributed by atoms with Gasteiger partial charge in [-0.05, 0) is 56.0 Å². The van der Waals surface area contributed by atoms with E-state index in [0.29, 0.717) is 6.04 Å². The normalized spacial score (nSPS) is 19.8. The predicted molar refractivity (Wildman–Crippen MR) is 125 cm³/mol. The Morgan fingerprint density at radius 1 is 1.03 bits per heavy atom. The van der Waals surface area contributed by atoms with Gasteiger partial charge < -0.3 is 15.5 Å². The van der Waals surface area contributed by atoms with Crippen molar-refractivity contribution in [3.63, 3.8) is 0 Å². The van der Waals surface area contributed by atoms with Crippen LogP contribution in [0.15, 0.2) is 36.5 Å². The summed E-state index contributed by atoms with van der Waals surface area (Å²) in [6.07, 6.45) is 9.40. The highest BCUT2D eigenvalue weighted by Crippen LogP contribution is 2.22. The molecule has 1 aromatic carbocycles. The number of nitrogens with zero attached hydrogens (tertiary/aromatic N) is 4. The van der Waals surface area contributed by atoms with E-state index >= 15 is 0 Å². The topological polar surface area (TPSA) is 73.4 Å². The third-order valence-electron chi connectivity index (χ3n) is 6.23. The Hall–Kier alpha value is -2.67. The van der Waals surface area contributed by atoms with Gasteiger partial charge in [0.05, 0.1) is 0 Å². The fraction of sp³-hybridized carbons (Fsp3) is 0.542. The lowest BCUT2D eigenvalue weighted by atomic mass is 10.1. The summed E-state index contributed by atoms with van der Waals surface area (Å²) in [7, 11) is 0. The van der Waals surface area contributed by atoms with E-state index in [-0.39, 0.29) is 5.91 Å². The van der Waals surface area contributed by atoms with Crippen molar-refractivity contribution in [3.8, 4) is 0 Å². The first-order valence-electron chi connectivity index (χ1n) is 11.6. The molecular formula is C24H34N6O. The summed E-state index contributed by atoms with van der Waals surface area (Å²) >= 11 is 0. The summed E-state index contributed by atoms with van der Waals surface area (Å²) in [4.78, 5) is 25.4. The van der Waals surface area contributed by atoms with Gasteiger partial charge in [0.2, 0.25) is 11.9 Å². The second-order valence-corrected chi connectivity index (χ2v) is 8.67. The molecule has 1 unspecified atom stereocenters. The van der Waals surface area contributed by atoms with Gasteiger partial charge in [-0.15, -0.1) is 0 Å². The maximum atomic E-state index is 11.2. The lowest BCUT2D eigenvalue weighted by Gasteiger charge is -2.25. The zero-order valence-corrected chi connectivity index (χ0v) is 18.5. The minimum absolute atomic E-state index is 0.0411. The second-order valence-electron chi connectivity index (χ2n) is 8.67. The molecule has 0 spiro atoms. The van der Waals surface area contributed by atoms with E-state index in [1.165, 1.54) is 51.0 Å². The molecule has 0 bridgehead atoms. The standard InChI is InChI=1S/C24H34N6O/c1-19(31)27-21-10-8-20(9-11-21)18-30-16-6-7-22(30)17-26-24-25-13-12-23(28-24)29-14-4-2-3-5-15-29/h8-13,22H,2-7,14-18H2,1H3,(H,27,31)(H,25,26,28). The van der Waals surface area contributed by atoms with Crippen molar-refractivity contribution in [3.05, 3.63) is 42.1 Å². The lowest BCUT2D eigenvalue weighted by molar-refractivity contribution is -0.114. The number of hydrogen-bond donors (Lipinski definition) is 2. The molecule has 2 aliphatic rings. The molecule has 2 saturated heterocycles. The molecule has 0 radical (unpaired) electrons. The van der Waals surface area contributed by atoms with Gasteiger partial charge in [0, 0.05) is 51.0 Å². The third-order valence-corrected chi connectivity index (χ3v) is 6.23. The number of likely N-dealkylation sites (tertiary alicyclic amines) is 1. The molecule has 7 nitrogen and oxygen atoms in total. The maximum Gasteiger partial charge on any atom is 0.224 e. The van der Waals surface area contributed by atoms with E-state index in [4.69, 9.17) is 4.98 Å². The third kappa shape index (κ3) is 6.17. The molecule has 2 fully saturated rings. The van der Waals surface area contributed by atoms with Crippen molar-refractivity contribution in [2.24, 2.45) is 0 Å². The van der Waals surface area contributed by atoms with Crippen molar-refractivity contribution in [2.45, 2.75) is 58.0 Å². The first-order valence-corrected chi connectivity index (χ1v) is 11.6. The molecule has 0 saturated carbocycles. The molecular weight excluding hydrogens is 388 g/mol. The van der Waals surface area contributed by atoms with E-state index in [1.54, 1.807) is 0 Å². The second kappa shape index (κ2) is 10.6. The van der Waals surface area contributed by atoms with E-state index in [9.17, 15) is 4.79 Å². The molecule has 2 N–H and O–H groups in total. The molecule has 2 aliphatic heterocycles. The van der Waals surface area contributed by atoms with Crippen LogP contribution in [0, 0.1) is 0 Å². The van der Waals surface area contributed by atoms with Crippen molar-refractivity contribution >= 4 is 23.4 Å². The van der Waals surface area contributed by atoms with E-state index < -0.39 is 0 Å². The van der Waals surface area contributed by atoms with Crippen LogP contribution < -0.4 is 15.5 Å². The summed E-state index contributed by atoms with van der Waals surface area (Å²) in [6.45, 7) is 6.59. The van der Waals surface area contributed by atoms with Crippen molar-refractivity contribution < 1.29 is 4.79 Å². The van der Waals surface area contributed by atoms with Gasteiger partial charge in [-0.1, -0.05) is 25.0 Å². The molecule has 2 aromatic rings. The molecule has 1 amide bonds. The Labute approximate surface area is 185 Å². The van der Waals surface area contributed by atoms with Crippen LogP contribution in [0.4, 0.5) is 17.5 Å². The highest BCUT2D eigenvalue weighted by molar-refractivity contribution is 5.88. The molecule has 7 heteroatoms. The fourth-order valence-electron chi connectivity index (χ4n) is 4.59. The number of anilines is 3. The van der Waals surface area contributed by atoms with Crippen LogP contribution in [-0.4, -0.2) is 53.0 Å². The highest BCUT2D eigenvalue weighted by Gasteiger charge is 2.24. The highest BCUT2D eigenvalue weighted by atomic mass is 16.1. The smallest absolute Gasteiger partial charge is 0.224 e. The number of amides is 1. The summed E-state index contributed by atoms with van der Waals surface area (Å²) < 4.78 is 0. The average Bonchev–Trinajstić information content (AvgIpc) is 3.03. The number of hydrogen-bond acceptors (Lipinski definition) is 6. The number of rotatable bonds is 7. The molecule has 4 rings (SSSR count). The largest absolute Gasteiger partial charge is 0.356 e. The van der Waals surface area contributed by atoms with Crippen LogP contribution in [0.3, 0.4) is 0 Å². The van der Waals surface area contributed by atoms with Gasteiger partial charge in [0.25, 0.3) is 0 Å². The fourth-order valence-corrected chi connectivity index (χ4v) is 4.59. The number of nitrogens with one attached hydrogen (secondary N) is 2. The molecule has 166 valence electrons. The van der Waals surface area contributed by atoms with Crippen molar-refractivity contribution in [2.75, 3.05) is 41.7 Å². The number of benzene rings is 1. The number of aromatic nitrogens is 2. The molecule has 1 aromatic heterocycles. The Morgan fingerprint density at radius 2 is 1.81 bits per heavy atom. The van der Waals surface area contributed by atoms with Gasteiger partial charge in [-0.2, -0.15) is 4.98 Å². The Kier molecular flexibility index (Phi) is 7.35. The number of carbonyl (C=O) groups is 1. The van der Waals surface area contributed by atoms with Crippen molar-refractivity contribution in [1.29, 1.82) is 0 Å².